The Hall–Kier alpha value is -0.600. The molecule has 0 spiro atoms. The van der Waals surface area contributed by atoms with Gasteiger partial charge >= 0.3 is 0 Å². The van der Waals surface area contributed by atoms with Gasteiger partial charge in [-0.1, -0.05) is 24.6 Å². The molecule has 12 heavy (non-hydrogen) atoms. The van der Waals surface area contributed by atoms with E-state index in [9.17, 15) is 0 Å². The first-order chi connectivity index (χ1) is 5.57. The molecule has 2 heteroatoms. The third-order valence-electron chi connectivity index (χ3n) is 1.65. The highest BCUT2D eigenvalue weighted by atomic mass is 16.5. The van der Waals surface area contributed by atoms with Crippen LogP contribution >= 0.6 is 0 Å². The highest BCUT2D eigenvalue weighted by Gasteiger charge is 2.01. The van der Waals surface area contributed by atoms with Crippen LogP contribution in [-0.2, 0) is 0 Å². The summed E-state index contributed by atoms with van der Waals surface area (Å²) in [4.78, 5) is 0. The molecule has 0 aromatic heterocycles. The van der Waals surface area contributed by atoms with Gasteiger partial charge in [0.15, 0.2) is 6.29 Å². The van der Waals surface area contributed by atoms with Gasteiger partial charge in [0.2, 0.25) is 0 Å². The van der Waals surface area contributed by atoms with Gasteiger partial charge in [0.05, 0.1) is 0 Å². The molecule has 0 saturated heterocycles. The molecule has 2 N–H and O–H groups in total. The number of aliphatic hydroxyl groups is 2. The van der Waals surface area contributed by atoms with Crippen molar-refractivity contribution in [2.24, 2.45) is 0 Å². The minimum atomic E-state index is -1.29. The predicted molar refractivity (Wildman–Crippen MR) is 50.6 cm³/mol. The lowest BCUT2D eigenvalue weighted by molar-refractivity contribution is -0.00995. The van der Waals surface area contributed by atoms with E-state index in [-0.39, 0.29) is 0 Å². The normalized spacial score (nSPS) is 12.0. The Kier molecular flexibility index (Phi) is 5.68. The second kappa shape index (κ2) is 5.98. The molecule has 0 fully saturated rings. The van der Waals surface area contributed by atoms with Crippen molar-refractivity contribution in [1.82, 2.24) is 0 Å². The molecular weight excluding hydrogens is 152 g/mol. The molecule has 0 radical (unpaired) electrons. The maximum Gasteiger partial charge on any atom is 0.174 e. The fourth-order valence-electron chi connectivity index (χ4n) is 0.878. The summed E-state index contributed by atoms with van der Waals surface area (Å²) >= 11 is 0. The molecule has 0 aromatic rings. The van der Waals surface area contributed by atoms with Crippen molar-refractivity contribution < 1.29 is 10.2 Å². The van der Waals surface area contributed by atoms with Gasteiger partial charge in [0.25, 0.3) is 0 Å². The van der Waals surface area contributed by atoms with Crippen molar-refractivity contribution in [3.05, 3.63) is 23.3 Å². The van der Waals surface area contributed by atoms with Crippen LogP contribution in [0.1, 0.15) is 33.6 Å². The Morgan fingerprint density at radius 3 is 2.17 bits per heavy atom. The van der Waals surface area contributed by atoms with Gasteiger partial charge in [0.1, 0.15) is 0 Å². The molecular formula is C10H18O2. The zero-order valence-electron chi connectivity index (χ0n) is 8.04. The first-order valence-corrected chi connectivity index (χ1v) is 4.26. The van der Waals surface area contributed by atoms with Crippen molar-refractivity contribution in [2.45, 2.75) is 39.9 Å². The summed E-state index contributed by atoms with van der Waals surface area (Å²) in [7, 11) is 0. The maximum atomic E-state index is 8.84. The van der Waals surface area contributed by atoms with E-state index in [4.69, 9.17) is 10.2 Å². The molecule has 0 bridgehead atoms. The van der Waals surface area contributed by atoms with E-state index in [0.717, 1.165) is 6.42 Å². The van der Waals surface area contributed by atoms with E-state index in [0.29, 0.717) is 12.0 Å². The first kappa shape index (κ1) is 11.4. The Bertz CT molecular complexity index is 174. The Morgan fingerprint density at radius 2 is 1.83 bits per heavy atom. The zero-order chi connectivity index (χ0) is 9.56. The summed E-state index contributed by atoms with van der Waals surface area (Å²) in [6, 6.07) is 0. The standard InChI is InChI=1S/C10H18O2/c1-4-9(10(11)12)7-5-6-8(2)3/h6-7,10-12H,4-5H2,1-3H3. The van der Waals surface area contributed by atoms with Crippen molar-refractivity contribution in [3.63, 3.8) is 0 Å². The van der Waals surface area contributed by atoms with Crippen LogP contribution in [0.4, 0.5) is 0 Å². The summed E-state index contributed by atoms with van der Waals surface area (Å²) < 4.78 is 0. The van der Waals surface area contributed by atoms with Crippen LogP contribution in [0.2, 0.25) is 0 Å². The van der Waals surface area contributed by atoms with Crippen LogP contribution < -0.4 is 0 Å². The van der Waals surface area contributed by atoms with Gasteiger partial charge < -0.3 is 10.2 Å². The highest BCUT2D eigenvalue weighted by Crippen LogP contribution is 2.07. The molecule has 0 heterocycles. The van der Waals surface area contributed by atoms with Crippen molar-refractivity contribution in [2.75, 3.05) is 0 Å². The van der Waals surface area contributed by atoms with Crippen LogP contribution in [0.25, 0.3) is 0 Å². The topological polar surface area (TPSA) is 40.5 Å². The Labute approximate surface area is 74.2 Å². The van der Waals surface area contributed by atoms with E-state index in [1.54, 1.807) is 0 Å². The van der Waals surface area contributed by atoms with E-state index >= 15 is 0 Å². The van der Waals surface area contributed by atoms with Gasteiger partial charge in [-0.15, -0.1) is 0 Å². The monoisotopic (exact) mass is 170 g/mol. The largest absolute Gasteiger partial charge is 0.365 e. The molecule has 0 saturated carbocycles. The fourth-order valence-corrected chi connectivity index (χ4v) is 0.878. The van der Waals surface area contributed by atoms with Crippen LogP contribution in [0.15, 0.2) is 23.3 Å². The summed E-state index contributed by atoms with van der Waals surface area (Å²) in [6.07, 6.45) is 4.09. The average Bonchev–Trinajstić information content (AvgIpc) is 1.96. The lowest BCUT2D eigenvalue weighted by Crippen LogP contribution is -2.07. The number of rotatable bonds is 4. The maximum absolute atomic E-state index is 8.84. The number of allylic oxidation sites excluding steroid dienone is 3. The second-order valence-electron chi connectivity index (χ2n) is 3.02. The molecule has 70 valence electrons. The van der Waals surface area contributed by atoms with Gasteiger partial charge in [-0.25, -0.2) is 0 Å². The second-order valence-corrected chi connectivity index (χ2v) is 3.02. The summed E-state index contributed by atoms with van der Waals surface area (Å²) in [5, 5.41) is 17.7. The zero-order valence-corrected chi connectivity index (χ0v) is 8.04. The van der Waals surface area contributed by atoms with Crippen LogP contribution in [0.3, 0.4) is 0 Å². The van der Waals surface area contributed by atoms with E-state index < -0.39 is 6.29 Å². The van der Waals surface area contributed by atoms with Crippen molar-refractivity contribution in [1.29, 1.82) is 0 Å². The number of hydrogen-bond acceptors (Lipinski definition) is 2. The molecule has 2 nitrogen and oxygen atoms in total. The van der Waals surface area contributed by atoms with Crippen LogP contribution in [0, 0.1) is 0 Å². The summed E-state index contributed by atoms with van der Waals surface area (Å²) in [5.74, 6) is 0. The van der Waals surface area contributed by atoms with Gasteiger partial charge in [0, 0.05) is 0 Å². The number of aliphatic hydroxyl groups excluding tert-OH is 1. The SMILES string of the molecule is CCC(=CCC=C(C)C)C(O)O. The fraction of sp³-hybridized carbons (Fsp3) is 0.600. The van der Waals surface area contributed by atoms with Crippen molar-refractivity contribution >= 4 is 0 Å². The van der Waals surface area contributed by atoms with Gasteiger partial charge in [-0.3, -0.25) is 0 Å². The van der Waals surface area contributed by atoms with Crippen LogP contribution in [0.5, 0.6) is 0 Å². The Morgan fingerprint density at radius 1 is 1.25 bits per heavy atom. The van der Waals surface area contributed by atoms with Crippen LogP contribution in [-0.4, -0.2) is 16.5 Å². The molecule has 0 aliphatic rings. The van der Waals surface area contributed by atoms with Crippen molar-refractivity contribution in [3.8, 4) is 0 Å². The molecule has 0 aliphatic heterocycles. The summed E-state index contributed by atoms with van der Waals surface area (Å²) in [6.45, 7) is 5.96. The quantitative estimate of drug-likeness (QED) is 0.500. The lowest BCUT2D eigenvalue weighted by atomic mass is 10.1. The molecule has 0 aromatic carbocycles. The lowest BCUT2D eigenvalue weighted by Gasteiger charge is -2.05. The van der Waals surface area contributed by atoms with E-state index in [2.05, 4.69) is 6.08 Å². The molecule has 0 aliphatic carbocycles. The molecule has 0 unspecified atom stereocenters. The molecule has 0 amide bonds. The average molecular weight is 170 g/mol. The number of hydrogen-bond donors (Lipinski definition) is 2. The minimum Gasteiger partial charge on any atom is -0.365 e. The van der Waals surface area contributed by atoms with E-state index in [1.807, 2.05) is 26.8 Å². The predicted octanol–water partition coefficient (Wildman–Crippen LogP) is 1.99. The van der Waals surface area contributed by atoms with Gasteiger partial charge in [-0.2, -0.15) is 0 Å². The molecule has 0 atom stereocenters. The Balaban J connectivity index is 4.04. The smallest absolute Gasteiger partial charge is 0.174 e. The molecule has 0 rings (SSSR count). The van der Waals surface area contributed by atoms with E-state index in [1.165, 1.54) is 5.57 Å². The summed E-state index contributed by atoms with van der Waals surface area (Å²) in [5.41, 5.74) is 1.93. The third kappa shape index (κ3) is 5.10. The minimum absolute atomic E-state index is 0.688. The highest BCUT2D eigenvalue weighted by molar-refractivity contribution is 5.08. The first-order valence-electron chi connectivity index (χ1n) is 4.26. The van der Waals surface area contributed by atoms with Gasteiger partial charge in [-0.05, 0) is 32.3 Å². The third-order valence-corrected chi connectivity index (χ3v) is 1.65.